The first-order chi connectivity index (χ1) is 6.47. The highest BCUT2D eigenvalue weighted by atomic mass is 16.1. The third-order valence-corrected chi connectivity index (χ3v) is 2.12. The van der Waals surface area contributed by atoms with E-state index in [0.717, 1.165) is 5.69 Å². The van der Waals surface area contributed by atoms with Crippen molar-refractivity contribution in [2.24, 2.45) is 0 Å². The lowest BCUT2D eigenvalue weighted by Crippen LogP contribution is -2.11. The van der Waals surface area contributed by atoms with Crippen LogP contribution in [0.1, 0.15) is 26.5 Å². The molecule has 0 aliphatic rings. The van der Waals surface area contributed by atoms with Crippen LogP contribution in [0.3, 0.4) is 0 Å². The van der Waals surface area contributed by atoms with Crippen LogP contribution in [0.15, 0.2) is 23.3 Å². The van der Waals surface area contributed by atoms with Gasteiger partial charge >= 0.3 is 0 Å². The van der Waals surface area contributed by atoms with E-state index in [4.69, 9.17) is 0 Å². The van der Waals surface area contributed by atoms with E-state index in [0.29, 0.717) is 5.78 Å². The Hall–Kier alpha value is -1.58. The third kappa shape index (κ3) is 1.43. The molecule has 0 aromatic carbocycles. The Labute approximate surface area is 81.6 Å². The lowest BCUT2D eigenvalue weighted by atomic mass is 9.93. The van der Waals surface area contributed by atoms with Crippen LogP contribution in [0.4, 0.5) is 0 Å². The summed E-state index contributed by atoms with van der Waals surface area (Å²) in [4.78, 5) is 18.1. The summed E-state index contributed by atoms with van der Waals surface area (Å²) in [6.45, 7) is 6.27. The first kappa shape index (κ1) is 8.99. The molecule has 0 aliphatic heterocycles. The lowest BCUT2D eigenvalue weighted by molar-refractivity contribution is 0.573. The van der Waals surface area contributed by atoms with E-state index < -0.39 is 0 Å². The normalized spacial score (nSPS) is 12.2. The predicted octanol–water partition coefficient (Wildman–Crippen LogP) is 1.32. The lowest BCUT2D eigenvalue weighted by Gasteiger charge is -2.13. The molecule has 0 amide bonds. The van der Waals surface area contributed by atoms with E-state index in [9.17, 15) is 4.79 Å². The molecule has 0 bridgehead atoms. The van der Waals surface area contributed by atoms with Gasteiger partial charge in [-0.25, -0.2) is 4.98 Å². The molecule has 2 heterocycles. The van der Waals surface area contributed by atoms with Gasteiger partial charge in [-0.1, -0.05) is 20.8 Å². The number of aromatic amines is 1. The zero-order chi connectivity index (χ0) is 10.3. The fourth-order valence-corrected chi connectivity index (χ4v) is 1.26. The van der Waals surface area contributed by atoms with E-state index in [2.05, 4.69) is 30.7 Å². The van der Waals surface area contributed by atoms with Crippen molar-refractivity contribution in [1.82, 2.24) is 14.4 Å². The van der Waals surface area contributed by atoms with Crippen molar-refractivity contribution in [3.05, 3.63) is 34.5 Å². The van der Waals surface area contributed by atoms with E-state index in [1.54, 1.807) is 6.20 Å². The average Bonchev–Trinajstić information content (AvgIpc) is 2.45. The molecule has 0 saturated heterocycles. The van der Waals surface area contributed by atoms with E-state index >= 15 is 0 Å². The minimum Gasteiger partial charge on any atom is -0.292 e. The van der Waals surface area contributed by atoms with Crippen molar-refractivity contribution in [2.45, 2.75) is 26.2 Å². The number of H-pyrrole nitrogens is 1. The van der Waals surface area contributed by atoms with E-state index in [-0.39, 0.29) is 11.0 Å². The van der Waals surface area contributed by atoms with Crippen molar-refractivity contribution in [3.63, 3.8) is 0 Å². The molecular weight excluding hydrogens is 178 g/mol. The van der Waals surface area contributed by atoms with E-state index in [1.807, 2.05) is 10.6 Å². The number of hydrogen-bond donors (Lipinski definition) is 1. The molecule has 14 heavy (non-hydrogen) atoms. The van der Waals surface area contributed by atoms with Gasteiger partial charge in [0.05, 0.1) is 5.69 Å². The van der Waals surface area contributed by atoms with Crippen molar-refractivity contribution in [1.29, 1.82) is 0 Å². The second-order valence-electron chi connectivity index (χ2n) is 4.41. The van der Waals surface area contributed by atoms with Crippen LogP contribution in [0.2, 0.25) is 0 Å². The third-order valence-electron chi connectivity index (χ3n) is 2.12. The van der Waals surface area contributed by atoms with Crippen LogP contribution in [-0.2, 0) is 5.41 Å². The summed E-state index contributed by atoms with van der Waals surface area (Å²) in [6, 6.07) is 1.49. The van der Waals surface area contributed by atoms with Crippen LogP contribution < -0.4 is 5.56 Å². The molecule has 74 valence electrons. The molecule has 0 spiro atoms. The number of imidazole rings is 1. The minimum absolute atomic E-state index is 0.00288. The first-order valence-corrected chi connectivity index (χ1v) is 4.55. The molecule has 1 N–H and O–H groups in total. The first-order valence-electron chi connectivity index (χ1n) is 4.55. The molecule has 4 nitrogen and oxygen atoms in total. The molecule has 0 unspecified atom stereocenters. The summed E-state index contributed by atoms with van der Waals surface area (Å²) in [6.07, 6.45) is 3.65. The molecule has 0 atom stereocenters. The van der Waals surface area contributed by atoms with Crippen molar-refractivity contribution in [3.8, 4) is 0 Å². The number of aromatic nitrogens is 3. The Balaban J connectivity index is 2.69. The number of fused-ring (bicyclic) bond motifs is 1. The molecule has 4 heteroatoms. The average molecular weight is 191 g/mol. The van der Waals surface area contributed by atoms with Crippen LogP contribution >= 0.6 is 0 Å². The summed E-state index contributed by atoms with van der Waals surface area (Å²) in [5, 5.41) is 0. The smallest absolute Gasteiger partial charge is 0.252 e. The van der Waals surface area contributed by atoms with E-state index in [1.165, 1.54) is 6.07 Å². The molecule has 0 aliphatic carbocycles. The van der Waals surface area contributed by atoms with Gasteiger partial charge in [-0.05, 0) is 0 Å². The number of nitrogens with one attached hydrogen (secondary N) is 1. The summed E-state index contributed by atoms with van der Waals surface area (Å²) in [5.74, 6) is 0.599. The van der Waals surface area contributed by atoms with Gasteiger partial charge in [0, 0.05) is 23.9 Å². The standard InChI is InChI=1S/C10H13N3O/c1-10(2,3)7-6-13-5-4-8(14)12-9(13)11-7/h4-6H,1-3H3,(H,11,12,14). The fraction of sp³-hybridized carbons (Fsp3) is 0.400. The van der Waals surface area contributed by atoms with Crippen LogP contribution in [-0.4, -0.2) is 14.4 Å². The second kappa shape index (κ2) is 2.70. The summed E-state index contributed by atoms with van der Waals surface area (Å²) in [7, 11) is 0. The maximum absolute atomic E-state index is 11.0. The predicted molar refractivity (Wildman–Crippen MR) is 54.5 cm³/mol. The monoisotopic (exact) mass is 191 g/mol. The van der Waals surface area contributed by atoms with Crippen molar-refractivity contribution < 1.29 is 0 Å². The van der Waals surface area contributed by atoms with Crippen LogP contribution in [0.5, 0.6) is 0 Å². The molecule has 2 aromatic rings. The Morgan fingerprint density at radius 1 is 1.43 bits per heavy atom. The quantitative estimate of drug-likeness (QED) is 0.682. The fourth-order valence-electron chi connectivity index (χ4n) is 1.26. The molecule has 2 aromatic heterocycles. The molecule has 0 saturated carbocycles. The molecule has 0 fully saturated rings. The number of nitrogens with zero attached hydrogens (tertiary/aromatic N) is 2. The Kier molecular flexibility index (Phi) is 1.74. The zero-order valence-electron chi connectivity index (χ0n) is 8.53. The summed E-state index contributed by atoms with van der Waals surface area (Å²) < 4.78 is 1.82. The molecule has 2 rings (SSSR count). The zero-order valence-corrected chi connectivity index (χ0v) is 8.53. The van der Waals surface area contributed by atoms with Crippen molar-refractivity contribution >= 4 is 5.78 Å². The largest absolute Gasteiger partial charge is 0.292 e. The Bertz CT molecular complexity index is 516. The Morgan fingerprint density at radius 2 is 2.14 bits per heavy atom. The topological polar surface area (TPSA) is 50.2 Å². The van der Waals surface area contributed by atoms with Gasteiger partial charge in [0.15, 0.2) is 0 Å². The van der Waals surface area contributed by atoms with Gasteiger partial charge in [0.2, 0.25) is 5.78 Å². The number of hydrogen-bond acceptors (Lipinski definition) is 2. The highest BCUT2D eigenvalue weighted by Crippen LogP contribution is 2.20. The maximum Gasteiger partial charge on any atom is 0.252 e. The van der Waals surface area contributed by atoms with Gasteiger partial charge in [-0.2, -0.15) is 0 Å². The van der Waals surface area contributed by atoms with Gasteiger partial charge in [0.1, 0.15) is 0 Å². The highest BCUT2D eigenvalue weighted by molar-refractivity contribution is 5.31. The van der Waals surface area contributed by atoms with Crippen LogP contribution in [0.25, 0.3) is 5.78 Å². The summed E-state index contributed by atoms with van der Waals surface area (Å²) in [5.41, 5.74) is 0.853. The van der Waals surface area contributed by atoms with Gasteiger partial charge in [-0.15, -0.1) is 0 Å². The minimum atomic E-state index is -0.122. The highest BCUT2D eigenvalue weighted by Gasteiger charge is 2.17. The molecular formula is C10H13N3O. The number of rotatable bonds is 0. The Morgan fingerprint density at radius 3 is 2.79 bits per heavy atom. The SMILES string of the molecule is CC(C)(C)c1cn2ccc(=O)[nH]c2n1. The van der Waals surface area contributed by atoms with Crippen LogP contribution in [0, 0.1) is 0 Å². The maximum atomic E-state index is 11.0. The summed E-state index contributed by atoms with van der Waals surface area (Å²) >= 11 is 0. The van der Waals surface area contributed by atoms with Gasteiger partial charge in [0.25, 0.3) is 5.56 Å². The van der Waals surface area contributed by atoms with Crippen molar-refractivity contribution in [2.75, 3.05) is 0 Å². The van der Waals surface area contributed by atoms with Gasteiger partial charge in [-0.3, -0.25) is 14.2 Å². The van der Waals surface area contributed by atoms with Gasteiger partial charge < -0.3 is 0 Å². The molecule has 0 radical (unpaired) electrons. The second-order valence-corrected chi connectivity index (χ2v) is 4.41.